The Bertz CT molecular complexity index is 27.2. The van der Waals surface area contributed by atoms with Gasteiger partial charge in [-0.2, -0.15) is 0 Å². The minimum absolute atomic E-state index is 0. The number of quaternary nitrogens is 1. The summed E-state index contributed by atoms with van der Waals surface area (Å²) in [5.74, 6) is 0. The van der Waals surface area contributed by atoms with Gasteiger partial charge in [0.25, 0.3) is 0 Å². The number of morpholine rings is 1. The zero-order valence-electron chi connectivity index (χ0n) is 4.12. The average molecular weight is 152 g/mol. The predicted molar refractivity (Wildman–Crippen MR) is 22.5 cm³/mol. The summed E-state index contributed by atoms with van der Waals surface area (Å²) in [5, 5.41) is 2.27. The molecular formula is C4H10CuNO+3. The van der Waals surface area contributed by atoms with E-state index in [9.17, 15) is 0 Å². The standard InChI is InChI=1S/C4H9NO.Cu/c1-3-6-4-2-5-1;/h5H,1-4H2;/q;+2/p+1. The third kappa shape index (κ3) is 3.06. The third-order valence-corrected chi connectivity index (χ3v) is 0.933. The van der Waals surface area contributed by atoms with E-state index >= 15 is 0 Å². The molecule has 0 aliphatic carbocycles. The van der Waals surface area contributed by atoms with E-state index in [1.807, 2.05) is 0 Å². The molecule has 0 unspecified atom stereocenters. The van der Waals surface area contributed by atoms with E-state index in [4.69, 9.17) is 4.74 Å². The minimum atomic E-state index is 0. The molecule has 1 saturated heterocycles. The van der Waals surface area contributed by atoms with Gasteiger partial charge in [0.05, 0.1) is 26.3 Å². The van der Waals surface area contributed by atoms with Crippen molar-refractivity contribution in [2.75, 3.05) is 26.3 Å². The summed E-state index contributed by atoms with van der Waals surface area (Å²) < 4.78 is 5.04. The first-order chi connectivity index (χ1) is 3.00. The van der Waals surface area contributed by atoms with Crippen molar-refractivity contribution in [1.29, 1.82) is 0 Å². The maximum atomic E-state index is 5.04. The molecule has 1 radical (unpaired) electrons. The molecule has 7 heavy (non-hydrogen) atoms. The Kier molecular flexibility index (Phi) is 4.88. The monoisotopic (exact) mass is 151 g/mol. The van der Waals surface area contributed by atoms with Crippen LogP contribution in [-0.4, -0.2) is 26.3 Å². The number of hydrogen-bond acceptors (Lipinski definition) is 1. The normalized spacial score (nSPS) is 20.6. The quantitative estimate of drug-likeness (QED) is 0.423. The first-order valence-corrected chi connectivity index (χ1v) is 2.39. The molecule has 0 aromatic heterocycles. The van der Waals surface area contributed by atoms with Crippen molar-refractivity contribution in [2.24, 2.45) is 0 Å². The van der Waals surface area contributed by atoms with Crippen molar-refractivity contribution < 1.29 is 27.1 Å². The Morgan fingerprint density at radius 3 is 1.86 bits per heavy atom. The summed E-state index contributed by atoms with van der Waals surface area (Å²) >= 11 is 0. The Labute approximate surface area is 54.1 Å². The molecule has 0 amide bonds. The molecule has 3 heteroatoms. The summed E-state index contributed by atoms with van der Waals surface area (Å²) in [6, 6.07) is 0. The molecule has 0 saturated carbocycles. The Morgan fingerprint density at radius 1 is 1.14 bits per heavy atom. The zero-order chi connectivity index (χ0) is 4.24. The number of ether oxygens (including phenoxy) is 1. The maximum Gasteiger partial charge on any atom is 2.00 e. The van der Waals surface area contributed by atoms with E-state index in [0.29, 0.717) is 0 Å². The third-order valence-electron chi connectivity index (χ3n) is 0.933. The summed E-state index contributed by atoms with van der Waals surface area (Å²) in [6.45, 7) is 4.19. The van der Waals surface area contributed by atoms with Crippen molar-refractivity contribution in [3.05, 3.63) is 0 Å². The van der Waals surface area contributed by atoms with E-state index in [0.717, 1.165) is 26.3 Å². The molecule has 0 aromatic carbocycles. The van der Waals surface area contributed by atoms with Crippen LogP contribution in [0.2, 0.25) is 0 Å². The van der Waals surface area contributed by atoms with Crippen LogP contribution in [0.5, 0.6) is 0 Å². The number of hydrogen-bond donors (Lipinski definition) is 1. The molecule has 1 aliphatic heterocycles. The van der Waals surface area contributed by atoms with Gasteiger partial charge in [-0.1, -0.05) is 0 Å². The van der Waals surface area contributed by atoms with Gasteiger partial charge in [0.2, 0.25) is 0 Å². The van der Waals surface area contributed by atoms with Crippen molar-refractivity contribution in [1.82, 2.24) is 0 Å². The van der Waals surface area contributed by atoms with Gasteiger partial charge in [-0.15, -0.1) is 0 Å². The van der Waals surface area contributed by atoms with Gasteiger partial charge in [0.15, 0.2) is 0 Å². The fourth-order valence-electron chi connectivity index (χ4n) is 0.580. The molecule has 0 atom stereocenters. The van der Waals surface area contributed by atoms with E-state index in [-0.39, 0.29) is 17.1 Å². The Morgan fingerprint density at radius 2 is 1.71 bits per heavy atom. The zero-order valence-corrected chi connectivity index (χ0v) is 5.06. The van der Waals surface area contributed by atoms with E-state index in [2.05, 4.69) is 5.32 Å². The molecule has 0 bridgehead atoms. The van der Waals surface area contributed by atoms with Gasteiger partial charge in [-0.25, -0.2) is 0 Å². The molecule has 2 nitrogen and oxygen atoms in total. The second kappa shape index (κ2) is 4.59. The predicted octanol–water partition coefficient (Wildman–Crippen LogP) is -1.42. The topological polar surface area (TPSA) is 25.8 Å². The first-order valence-electron chi connectivity index (χ1n) is 2.39. The molecular weight excluding hydrogens is 142 g/mol. The van der Waals surface area contributed by atoms with Crippen molar-refractivity contribution >= 4 is 0 Å². The summed E-state index contributed by atoms with van der Waals surface area (Å²) in [7, 11) is 0. The molecule has 2 N–H and O–H groups in total. The van der Waals surface area contributed by atoms with Gasteiger partial charge in [-0.05, 0) is 0 Å². The maximum absolute atomic E-state index is 5.04. The molecule has 0 spiro atoms. The van der Waals surface area contributed by atoms with Crippen molar-refractivity contribution in [2.45, 2.75) is 0 Å². The van der Waals surface area contributed by atoms with Crippen LogP contribution < -0.4 is 5.32 Å². The Balaban J connectivity index is 0.000000360. The minimum Gasteiger partial charge on any atom is -0.370 e. The number of rotatable bonds is 0. The first kappa shape index (κ1) is 7.44. The fraction of sp³-hybridized carbons (Fsp3) is 1.00. The van der Waals surface area contributed by atoms with E-state index in [1.165, 1.54) is 0 Å². The Hall–Kier alpha value is 0.439. The summed E-state index contributed by atoms with van der Waals surface area (Å²) in [4.78, 5) is 0. The number of nitrogens with two attached hydrogens (primary N) is 1. The van der Waals surface area contributed by atoms with E-state index in [1.54, 1.807) is 0 Å². The van der Waals surface area contributed by atoms with Gasteiger partial charge < -0.3 is 10.1 Å². The van der Waals surface area contributed by atoms with Gasteiger partial charge >= 0.3 is 17.1 Å². The summed E-state index contributed by atoms with van der Waals surface area (Å²) in [5.41, 5.74) is 0. The average Bonchev–Trinajstić information content (AvgIpc) is 1.72. The fourth-order valence-corrected chi connectivity index (χ4v) is 0.580. The summed E-state index contributed by atoms with van der Waals surface area (Å²) in [6.07, 6.45) is 0. The van der Waals surface area contributed by atoms with E-state index < -0.39 is 0 Å². The second-order valence-corrected chi connectivity index (χ2v) is 1.48. The van der Waals surface area contributed by atoms with Crippen LogP contribution >= 0.6 is 0 Å². The molecule has 0 aromatic rings. The molecule has 1 aliphatic rings. The largest absolute Gasteiger partial charge is 2.00 e. The smallest absolute Gasteiger partial charge is 0.370 e. The van der Waals surface area contributed by atoms with Crippen LogP contribution in [0.15, 0.2) is 0 Å². The SMILES string of the molecule is C1COCC[NH2+]1.[Cu+2]. The van der Waals surface area contributed by atoms with Gasteiger partial charge in [0, 0.05) is 0 Å². The van der Waals surface area contributed by atoms with Crippen molar-refractivity contribution in [3.8, 4) is 0 Å². The van der Waals surface area contributed by atoms with Crippen LogP contribution in [0.3, 0.4) is 0 Å². The van der Waals surface area contributed by atoms with Crippen LogP contribution in [0.1, 0.15) is 0 Å². The van der Waals surface area contributed by atoms with Crippen LogP contribution in [0, 0.1) is 0 Å². The molecule has 45 valence electrons. The molecule has 1 fully saturated rings. The van der Waals surface area contributed by atoms with Crippen LogP contribution in [0.4, 0.5) is 0 Å². The van der Waals surface area contributed by atoms with Crippen LogP contribution in [-0.2, 0) is 21.8 Å². The second-order valence-electron chi connectivity index (χ2n) is 1.48. The molecule has 1 rings (SSSR count). The molecule has 1 heterocycles. The van der Waals surface area contributed by atoms with Gasteiger partial charge in [0.1, 0.15) is 0 Å². The van der Waals surface area contributed by atoms with Crippen LogP contribution in [0.25, 0.3) is 0 Å². The van der Waals surface area contributed by atoms with Crippen molar-refractivity contribution in [3.63, 3.8) is 0 Å². The van der Waals surface area contributed by atoms with Gasteiger partial charge in [-0.3, -0.25) is 0 Å².